The SMILES string of the molecule is CC(C)c1nc2c(Br)cc(Br)cc2c(=O)o1. The van der Waals surface area contributed by atoms with Crippen LogP contribution < -0.4 is 5.63 Å². The predicted molar refractivity (Wildman–Crippen MR) is 69.8 cm³/mol. The highest BCUT2D eigenvalue weighted by Gasteiger charge is 2.12. The van der Waals surface area contributed by atoms with Crippen LogP contribution in [0.3, 0.4) is 0 Å². The third-order valence-electron chi connectivity index (χ3n) is 2.16. The molecule has 0 atom stereocenters. The predicted octanol–water partition coefficient (Wildman–Crippen LogP) is 3.84. The molecule has 0 saturated heterocycles. The molecule has 0 N–H and O–H groups in total. The molecule has 0 fully saturated rings. The molecule has 5 heteroatoms. The molecular weight excluding hydrogens is 338 g/mol. The number of rotatable bonds is 1. The molecule has 0 aliphatic rings. The Kier molecular flexibility index (Phi) is 3.17. The van der Waals surface area contributed by atoms with Crippen molar-refractivity contribution in [2.24, 2.45) is 0 Å². The Bertz CT molecular complexity index is 605. The molecule has 0 bridgehead atoms. The molecule has 0 amide bonds. The maximum Gasteiger partial charge on any atom is 0.346 e. The summed E-state index contributed by atoms with van der Waals surface area (Å²) in [6.07, 6.45) is 0. The summed E-state index contributed by atoms with van der Waals surface area (Å²) < 4.78 is 6.76. The standard InChI is InChI=1S/C11H9Br2NO2/c1-5(2)10-14-9-7(11(15)16-10)3-6(12)4-8(9)13/h3-5H,1-2H3. The van der Waals surface area contributed by atoms with Crippen LogP contribution in [0.25, 0.3) is 10.9 Å². The molecule has 16 heavy (non-hydrogen) atoms. The number of fused-ring (bicyclic) bond motifs is 1. The van der Waals surface area contributed by atoms with Crippen molar-refractivity contribution in [1.82, 2.24) is 4.98 Å². The molecule has 0 aliphatic carbocycles. The van der Waals surface area contributed by atoms with Crippen LogP contribution in [-0.4, -0.2) is 4.98 Å². The lowest BCUT2D eigenvalue weighted by molar-refractivity contribution is 0.424. The summed E-state index contributed by atoms with van der Waals surface area (Å²) in [4.78, 5) is 16.1. The second-order valence-corrected chi connectivity index (χ2v) is 5.55. The molecule has 0 saturated carbocycles. The van der Waals surface area contributed by atoms with Crippen LogP contribution in [0.5, 0.6) is 0 Å². The molecule has 0 unspecified atom stereocenters. The van der Waals surface area contributed by atoms with Crippen LogP contribution in [0.2, 0.25) is 0 Å². The topological polar surface area (TPSA) is 43.1 Å². The molecule has 0 aliphatic heterocycles. The van der Waals surface area contributed by atoms with Crippen molar-refractivity contribution in [1.29, 1.82) is 0 Å². The van der Waals surface area contributed by atoms with Gasteiger partial charge in [0.2, 0.25) is 5.89 Å². The first-order valence-electron chi connectivity index (χ1n) is 4.79. The highest BCUT2D eigenvalue weighted by Crippen LogP contribution is 2.26. The van der Waals surface area contributed by atoms with E-state index in [4.69, 9.17) is 4.42 Å². The zero-order valence-electron chi connectivity index (χ0n) is 8.75. The lowest BCUT2D eigenvalue weighted by Crippen LogP contribution is -2.06. The van der Waals surface area contributed by atoms with E-state index < -0.39 is 0 Å². The van der Waals surface area contributed by atoms with Crippen LogP contribution in [0.15, 0.2) is 30.3 Å². The highest BCUT2D eigenvalue weighted by atomic mass is 79.9. The van der Waals surface area contributed by atoms with Crippen molar-refractivity contribution in [3.8, 4) is 0 Å². The van der Waals surface area contributed by atoms with Gasteiger partial charge in [-0.2, -0.15) is 0 Å². The molecular formula is C11H9Br2NO2. The van der Waals surface area contributed by atoms with Gasteiger partial charge in [-0.3, -0.25) is 0 Å². The molecule has 2 aromatic rings. The third kappa shape index (κ3) is 2.06. The molecule has 1 aromatic carbocycles. The Hall–Kier alpha value is -0.680. The van der Waals surface area contributed by atoms with Crippen molar-refractivity contribution >= 4 is 42.8 Å². The van der Waals surface area contributed by atoms with Crippen LogP contribution in [0.1, 0.15) is 25.7 Å². The van der Waals surface area contributed by atoms with E-state index in [1.807, 2.05) is 19.9 Å². The zero-order chi connectivity index (χ0) is 11.9. The van der Waals surface area contributed by atoms with Crippen molar-refractivity contribution in [2.75, 3.05) is 0 Å². The average Bonchev–Trinajstić information content (AvgIpc) is 2.19. The van der Waals surface area contributed by atoms with Gasteiger partial charge in [0.25, 0.3) is 0 Å². The quantitative estimate of drug-likeness (QED) is 0.788. The fourth-order valence-corrected chi connectivity index (χ4v) is 2.68. The maximum atomic E-state index is 11.8. The second kappa shape index (κ2) is 4.30. The van der Waals surface area contributed by atoms with E-state index in [1.54, 1.807) is 6.07 Å². The molecule has 3 nitrogen and oxygen atoms in total. The van der Waals surface area contributed by atoms with Crippen molar-refractivity contribution in [3.63, 3.8) is 0 Å². The summed E-state index contributed by atoms with van der Waals surface area (Å²) in [5.74, 6) is 0.549. The van der Waals surface area contributed by atoms with Gasteiger partial charge >= 0.3 is 5.63 Å². The Morgan fingerprint density at radius 3 is 2.62 bits per heavy atom. The van der Waals surface area contributed by atoms with E-state index in [-0.39, 0.29) is 11.5 Å². The Labute approximate surface area is 109 Å². The van der Waals surface area contributed by atoms with Crippen LogP contribution in [0, 0.1) is 0 Å². The van der Waals surface area contributed by atoms with E-state index in [9.17, 15) is 4.79 Å². The molecule has 0 radical (unpaired) electrons. The maximum absolute atomic E-state index is 11.8. The first-order valence-corrected chi connectivity index (χ1v) is 6.37. The van der Waals surface area contributed by atoms with Crippen molar-refractivity contribution in [3.05, 3.63) is 37.4 Å². The highest BCUT2D eigenvalue weighted by molar-refractivity contribution is 9.11. The lowest BCUT2D eigenvalue weighted by Gasteiger charge is -2.05. The third-order valence-corrected chi connectivity index (χ3v) is 3.22. The molecule has 2 rings (SSSR count). The molecule has 84 valence electrons. The second-order valence-electron chi connectivity index (χ2n) is 3.78. The van der Waals surface area contributed by atoms with E-state index in [0.717, 1.165) is 8.95 Å². The summed E-state index contributed by atoms with van der Waals surface area (Å²) >= 11 is 6.72. The van der Waals surface area contributed by atoms with E-state index >= 15 is 0 Å². The first kappa shape index (κ1) is 11.8. The summed E-state index contributed by atoms with van der Waals surface area (Å²) in [7, 11) is 0. The number of benzene rings is 1. The fraction of sp³-hybridized carbons (Fsp3) is 0.273. The van der Waals surface area contributed by atoms with Gasteiger partial charge in [-0.05, 0) is 28.1 Å². The Morgan fingerprint density at radius 1 is 1.31 bits per heavy atom. The van der Waals surface area contributed by atoms with Gasteiger partial charge in [-0.15, -0.1) is 0 Å². The number of hydrogen-bond donors (Lipinski definition) is 0. The minimum absolute atomic E-state index is 0.0904. The van der Waals surface area contributed by atoms with Crippen LogP contribution >= 0.6 is 31.9 Å². The zero-order valence-corrected chi connectivity index (χ0v) is 11.9. The number of aromatic nitrogens is 1. The average molecular weight is 347 g/mol. The number of halogens is 2. The van der Waals surface area contributed by atoms with Crippen molar-refractivity contribution in [2.45, 2.75) is 19.8 Å². The number of nitrogens with zero attached hydrogens (tertiary/aromatic N) is 1. The van der Waals surface area contributed by atoms with Crippen LogP contribution in [0.4, 0.5) is 0 Å². The first-order chi connectivity index (χ1) is 7.49. The summed E-state index contributed by atoms with van der Waals surface area (Å²) in [6, 6.07) is 3.57. The van der Waals surface area contributed by atoms with Gasteiger partial charge in [0.1, 0.15) is 0 Å². The van der Waals surface area contributed by atoms with E-state index in [1.165, 1.54) is 0 Å². The van der Waals surface area contributed by atoms with Crippen molar-refractivity contribution < 1.29 is 4.42 Å². The number of hydrogen-bond acceptors (Lipinski definition) is 3. The monoisotopic (exact) mass is 345 g/mol. The van der Waals surface area contributed by atoms with E-state index in [0.29, 0.717) is 16.8 Å². The molecule has 1 heterocycles. The van der Waals surface area contributed by atoms with Gasteiger partial charge in [0, 0.05) is 14.9 Å². The van der Waals surface area contributed by atoms with E-state index in [2.05, 4.69) is 36.8 Å². The normalized spacial score (nSPS) is 11.3. The lowest BCUT2D eigenvalue weighted by atomic mass is 10.2. The van der Waals surface area contributed by atoms with Crippen LogP contribution in [-0.2, 0) is 0 Å². The Morgan fingerprint density at radius 2 is 2.00 bits per heavy atom. The summed E-state index contributed by atoms with van der Waals surface area (Å²) in [5, 5.41) is 0.477. The minimum atomic E-state index is -0.351. The minimum Gasteiger partial charge on any atom is -0.408 e. The largest absolute Gasteiger partial charge is 0.408 e. The molecule has 0 spiro atoms. The van der Waals surface area contributed by atoms with Gasteiger partial charge < -0.3 is 4.42 Å². The summed E-state index contributed by atoms with van der Waals surface area (Å²) in [5.41, 5.74) is 0.291. The molecule has 1 aromatic heterocycles. The van der Waals surface area contributed by atoms with Gasteiger partial charge in [0.05, 0.1) is 10.9 Å². The van der Waals surface area contributed by atoms with Gasteiger partial charge in [0.15, 0.2) is 0 Å². The summed E-state index contributed by atoms with van der Waals surface area (Å²) in [6.45, 7) is 3.87. The van der Waals surface area contributed by atoms with Gasteiger partial charge in [-0.25, -0.2) is 9.78 Å². The van der Waals surface area contributed by atoms with Gasteiger partial charge in [-0.1, -0.05) is 29.8 Å². The smallest absolute Gasteiger partial charge is 0.346 e. The Balaban J connectivity index is 2.87. The fourth-order valence-electron chi connectivity index (χ4n) is 1.37.